The molecule has 6 rings (SSSR count). The summed E-state index contributed by atoms with van der Waals surface area (Å²) in [5.41, 5.74) is 2.85. The molecular weight excluding hydrogens is 482 g/mol. The molecule has 5 heteroatoms. The molecular formula is C32H28ClNO3. The maximum Gasteiger partial charge on any atom is 0.239 e. The summed E-state index contributed by atoms with van der Waals surface area (Å²) in [4.78, 5) is 44.5. The molecule has 4 atom stereocenters. The van der Waals surface area contributed by atoms with Gasteiger partial charge in [0.2, 0.25) is 11.8 Å². The highest BCUT2D eigenvalue weighted by atomic mass is 35.5. The zero-order valence-electron chi connectivity index (χ0n) is 21.1. The summed E-state index contributed by atoms with van der Waals surface area (Å²) in [6.45, 7) is 5.83. The number of benzene rings is 3. The predicted molar refractivity (Wildman–Crippen MR) is 146 cm³/mol. The largest absolute Gasteiger partial charge is 0.298 e. The topological polar surface area (TPSA) is 54.5 Å². The van der Waals surface area contributed by atoms with Crippen LogP contribution in [0.15, 0.2) is 78.9 Å². The minimum Gasteiger partial charge on any atom is -0.298 e. The van der Waals surface area contributed by atoms with E-state index in [1.165, 1.54) is 4.90 Å². The fraction of sp³-hybridized carbons (Fsp3) is 0.281. The smallest absolute Gasteiger partial charge is 0.239 e. The number of amides is 2. The molecule has 0 unspecified atom stereocenters. The van der Waals surface area contributed by atoms with Gasteiger partial charge in [-0.2, -0.15) is 0 Å². The summed E-state index contributed by atoms with van der Waals surface area (Å²) in [6.07, 6.45) is 0.883. The summed E-state index contributed by atoms with van der Waals surface area (Å²) in [5, 5.41) is 0.498. The van der Waals surface area contributed by atoms with Crippen LogP contribution in [0.3, 0.4) is 0 Å². The van der Waals surface area contributed by atoms with Gasteiger partial charge in [-0.3, -0.25) is 14.4 Å². The van der Waals surface area contributed by atoms with Crippen molar-refractivity contribution in [3.63, 3.8) is 0 Å². The molecule has 0 aromatic heterocycles. The summed E-state index contributed by atoms with van der Waals surface area (Å²) >= 11 is 6.41. The molecule has 2 aliphatic carbocycles. The second-order valence-electron chi connectivity index (χ2n) is 10.4. The van der Waals surface area contributed by atoms with Crippen molar-refractivity contribution in [1.82, 2.24) is 0 Å². The van der Waals surface area contributed by atoms with Crippen LogP contribution in [0.1, 0.15) is 43.4 Å². The Morgan fingerprint density at radius 1 is 0.730 bits per heavy atom. The highest BCUT2D eigenvalue weighted by Gasteiger charge is 2.80. The van der Waals surface area contributed by atoms with Crippen molar-refractivity contribution >= 4 is 46.0 Å². The highest BCUT2D eigenvalue weighted by molar-refractivity contribution is 6.35. The van der Waals surface area contributed by atoms with E-state index in [9.17, 15) is 14.4 Å². The fourth-order valence-corrected chi connectivity index (χ4v) is 7.61. The van der Waals surface area contributed by atoms with Gasteiger partial charge in [-0.05, 0) is 59.7 Å². The molecule has 0 spiro atoms. The number of carbonyl (C=O) groups excluding carboxylic acids is 3. The predicted octanol–water partition coefficient (Wildman–Crippen LogP) is 6.75. The molecule has 37 heavy (non-hydrogen) atoms. The number of ketones is 1. The van der Waals surface area contributed by atoms with Crippen molar-refractivity contribution in [1.29, 1.82) is 0 Å². The number of imide groups is 1. The molecule has 1 aliphatic heterocycles. The third-order valence-electron chi connectivity index (χ3n) is 8.97. The van der Waals surface area contributed by atoms with Crippen LogP contribution < -0.4 is 4.90 Å². The molecule has 1 saturated heterocycles. The van der Waals surface area contributed by atoms with E-state index < -0.39 is 22.7 Å². The number of aryl methyl sites for hydroxylation is 1. The molecule has 2 bridgehead atoms. The molecule has 1 heterocycles. The normalized spacial score (nSPS) is 28.4. The van der Waals surface area contributed by atoms with Crippen LogP contribution in [0.5, 0.6) is 0 Å². The number of rotatable bonds is 5. The molecule has 3 aromatic rings. The molecule has 3 aromatic carbocycles. The van der Waals surface area contributed by atoms with Crippen molar-refractivity contribution in [2.75, 3.05) is 4.90 Å². The van der Waals surface area contributed by atoms with Gasteiger partial charge in [0.15, 0.2) is 5.78 Å². The van der Waals surface area contributed by atoms with E-state index in [4.69, 9.17) is 11.6 Å². The Kier molecular flexibility index (Phi) is 5.33. The Morgan fingerprint density at radius 3 is 1.59 bits per heavy atom. The number of allylic oxidation sites excluding steroid dienone is 2. The minimum absolute atomic E-state index is 0.0148. The van der Waals surface area contributed by atoms with Crippen LogP contribution >= 0.6 is 11.6 Å². The summed E-state index contributed by atoms with van der Waals surface area (Å²) < 4.78 is 0. The van der Waals surface area contributed by atoms with Crippen LogP contribution in [0.25, 0.3) is 11.1 Å². The van der Waals surface area contributed by atoms with Gasteiger partial charge in [0.25, 0.3) is 0 Å². The number of nitrogens with zero attached hydrogens (tertiary/aromatic N) is 1. The van der Waals surface area contributed by atoms with Crippen molar-refractivity contribution < 1.29 is 14.4 Å². The lowest BCUT2D eigenvalue weighted by Gasteiger charge is -2.38. The number of halogens is 1. The van der Waals surface area contributed by atoms with Crippen LogP contribution in [0.2, 0.25) is 5.02 Å². The van der Waals surface area contributed by atoms with Gasteiger partial charge in [0, 0.05) is 5.02 Å². The molecule has 186 valence electrons. The van der Waals surface area contributed by atoms with Crippen molar-refractivity contribution in [3.8, 4) is 0 Å². The van der Waals surface area contributed by atoms with Crippen molar-refractivity contribution in [2.45, 2.75) is 33.6 Å². The Morgan fingerprint density at radius 2 is 1.19 bits per heavy atom. The Balaban J connectivity index is 1.66. The fourth-order valence-electron chi connectivity index (χ4n) is 7.43. The first-order chi connectivity index (χ1) is 17.8. The van der Waals surface area contributed by atoms with Crippen LogP contribution in [0.4, 0.5) is 5.69 Å². The SMILES string of the molecule is CC[C@@]12C(=O)[C@@](CC)(C(c3ccccc3)=C1c1ccccc1)[C@H]1C(=O)N(c3ccc(C)c(Cl)c3)C(=O)[C@H]12. The minimum atomic E-state index is -1.08. The lowest BCUT2D eigenvalue weighted by atomic mass is 9.60. The first-order valence-electron chi connectivity index (χ1n) is 12.9. The number of Topliss-reactive ketones (excluding diaryl/α,β-unsaturated/α-hetero) is 1. The first kappa shape index (κ1) is 23.9. The Labute approximate surface area is 221 Å². The average Bonchev–Trinajstić information content (AvgIpc) is 3.42. The molecule has 1 saturated carbocycles. The van der Waals surface area contributed by atoms with E-state index in [1.807, 2.05) is 87.5 Å². The number of hydrogen-bond donors (Lipinski definition) is 0. The first-order valence-corrected chi connectivity index (χ1v) is 13.3. The van der Waals surface area contributed by atoms with Crippen molar-refractivity contribution in [2.24, 2.45) is 22.7 Å². The molecule has 0 radical (unpaired) electrons. The van der Waals surface area contributed by atoms with E-state index in [-0.39, 0.29) is 17.6 Å². The molecule has 0 N–H and O–H groups in total. The van der Waals surface area contributed by atoms with E-state index in [2.05, 4.69) is 0 Å². The third kappa shape index (κ3) is 2.82. The standard InChI is InChI=1S/C32H28ClNO3/c1-4-31-24(20-12-8-6-9-13-20)25(21-14-10-7-11-15-21)32(5-2,30(31)37)27-26(31)28(35)34(29(27)36)22-17-16-19(3)23(33)18-22/h6-18,26-27H,4-5H2,1-3H3/t26-,27+,31+,32-. The Hall–Kier alpha value is -3.50. The zero-order valence-corrected chi connectivity index (χ0v) is 21.9. The van der Waals surface area contributed by atoms with Gasteiger partial charge in [-0.1, -0.05) is 92.2 Å². The number of fused-ring (bicyclic) bond motifs is 5. The van der Waals surface area contributed by atoms with Gasteiger partial charge in [0.05, 0.1) is 28.4 Å². The zero-order chi connectivity index (χ0) is 26.1. The lowest BCUT2D eigenvalue weighted by Crippen LogP contribution is -2.41. The van der Waals surface area contributed by atoms with Gasteiger partial charge < -0.3 is 0 Å². The van der Waals surface area contributed by atoms with E-state index in [0.717, 1.165) is 27.8 Å². The quantitative estimate of drug-likeness (QED) is 0.357. The number of carbonyl (C=O) groups is 3. The number of anilines is 1. The molecule has 4 nitrogen and oxygen atoms in total. The highest BCUT2D eigenvalue weighted by Crippen LogP contribution is 2.75. The van der Waals surface area contributed by atoms with Crippen molar-refractivity contribution in [3.05, 3.63) is 101 Å². The molecule has 2 fully saturated rings. The molecule has 2 amide bonds. The van der Waals surface area contributed by atoms with Crippen LogP contribution in [-0.2, 0) is 14.4 Å². The lowest BCUT2D eigenvalue weighted by molar-refractivity contribution is -0.134. The second kappa shape index (κ2) is 8.26. The van der Waals surface area contributed by atoms with Crippen LogP contribution in [-0.4, -0.2) is 17.6 Å². The Bertz CT molecular complexity index is 1410. The third-order valence-corrected chi connectivity index (χ3v) is 9.38. The molecule has 3 aliphatic rings. The summed E-state index contributed by atoms with van der Waals surface area (Å²) in [5.74, 6) is -2.09. The van der Waals surface area contributed by atoms with E-state index in [0.29, 0.717) is 23.6 Å². The maximum absolute atomic E-state index is 14.7. The van der Waals surface area contributed by atoms with Gasteiger partial charge >= 0.3 is 0 Å². The average molecular weight is 510 g/mol. The number of hydrogen-bond acceptors (Lipinski definition) is 3. The van der Waals surface area contributed by atoms with E-state index in [1.54, 1.807) is 12.1 Å². The van der Waals surface area contributed by atoms with Gasteiger partial charge in [-0.15, -0.1) is 0 Å². The summed E-state index contributed by atoms with van der Waals surface area (Å²) in [6, 6.07) is 25.1. The van der Waals surface area contributed by atoms with Gasteiger partial charge in [0.1, 0.15) is 0 Å². The van der Waals surface area contributed by atoms with E-state index >= 15 is 0 Å². The van der Waals surface area contributed by atoms with Crippen LogP contribution in [0, 0.1) is 29.6 Å². The van der Waals surface area contributed by atoms with Gasteiger partial charge in [-0.25, -0.2) is 4.90 Å². The maximum atomic E-state index is 14.7. The monoisotopic (exact) mass is 509 g/mol. The summed E-state index contributed by atoms with van der Waals surface area (Å²) in [7, 11) is 0. The second-order valence-corrected chi connectivity index (χ2v) is 10.8.